The van der Waals surface area contributed by atoms with Crippen molar-refractivity contribution in [1.82, 2.24) is 5.32 Å². The van der Waals surface area contributed by atoms with Crippen molar-refractivity contribution < 1.29 is 4.74 Å². The van der Waals surface area contributed by atoms with Crippen molar-refractivity contribution in [1.29, 1.82) is 0 Å². The van der Waals surface area contributed by atoms with Gasteiger partial charge in [-0.2, -0.15) is 0 Å². The van der Waals surface area contributed by atoms with Gasteiger partial charge in [-0.3, -0.25) is 0 Å². The van der Waals surface area contributed by atoms with Crippen LogP contribution in [0.1, 0.15) is 32.3 Å². The second-order valence-electron chi connectivity index (χ2n) is 5.23. The van der Waals surface area contributed by atoms with E-state index in [1.807, 2.05) is 0 Å². The first kappa shape index (κ1) is 15.0. The van der Waals surface area contributed by atoms with Gasteiger partial charge < -0.3 is 10.1 Å². The van der Waals surface area contributed by atoms with Crippen LogP contribution in [0.25, 0.3) is 0 Å². The molecule has 1 fully saturated rings. The van der Waals surface area contributed by atoms with Gasteiger partial charge in [0.25, 0.3) is 0 Å². The van der Waals surface area contributed by atoms with Crippen molar-refractivity contribution >= 4 is 15.9 Å². The van der Waals surface area contributed by atoms with Crippen LogP contribution in [-0.2, 0) is 11.2 Å². The van der Waals surface area contributed by atoms with Crippen LogP contribution in [0.2, 0.25) is 0 Å². The van der Waals surface area contributed by atoms with Crippen molar-refractivity contribution in [3.05, 3.63) is 34.3 Å². The Morgan fingerprint density at radius 1 is 1.37 bits per heavy atom. The molecule has 0 aromatic heterocycles. The Labute approximate surface area is 125 Å². The zero-order chi connectivity index (χ0) is 13.7. The molecule has 0 radical (unpaired) electrons. The van der Waals surface area contributed by atoms with Crippen LogP contribution in [0.5, 0.6) is 0 Å². The summed E-state index contributed by atoms with van der Waals surface area (Å²) in [6.45, 7) is 6.34. The summed E-state index contributed by atoms with van der Waals surface area (Å²) in [5.74, 6) is 0.636. The van der Waals surface area contributed by atoms with Gasteiger partial charge in [-0.25, -0.2) is 0 Å². The van der Waals surface area contributed by atoms with Crippen LogP contribution in [0.15, 0.2) is 28.7 Å². The highest BCUT2D eigenvalue weighted by molar-refractivity contribution is 9.10. The Bertz CT molecular complexity index is 396. The first-order valence-corrected chi connectivity index (χ1v) is 8.14. The first-order valence-electron chi connectivity index (χ1n) is 7.34. The molecule has 0 spiro atoms. The molecule has 1 N–H and O–H groups in total. The fourth-order valence-electron chi connectivity index (χ4n) is 3.08. The summed E-state index contributed by atoms with van der Waals surface area (Å²) in [5.41, 5.74) is 1.38. The molecular formula is C16H24BrNO. The van der Waals surface area contributed by atoms with Crippen molar-refractivity contribution in [2.75, 3.05) is 13.2 Å². The number of ether oxygens (including phenoxy) is 1. The van der Waals surface area contributed by atoms with E-state index in [1.54, 1.807) is 0 Å². The van der Waals surface area contributed by atoms with Crippen LogP contribution in [0.4, 0.5) is 0 Å². The minimum Gasteiger partial charge on any atom is -0.378 e. The molecule has 3 unspecified atom stereocenters. The van der Waals surface area contributed by atoms with Gasteiger partial charge in [-0.15, -0.1) is 0 Å². The van der Waals surface area contributed by atoms with Gasteiger partial charge in [0.1, 0.15) is 0 Å². The predicted octanol–water partition coefficient (Wildman–Crippen LogP) is 3.78. The van der Waals surface area contributed by atoms with Gasteiger partial charge >= 0.3 is 0 Å². The third-order valence-electron chi connectivity index (χ3n) is 4.04. The lowest BCUT2D eigenvalue weighted by molar-refractivity contribution is 0.0776. The normalized spacial score (nSPS) is 24.6. The first-order chi connectivity index (χ1) is 9.26. The molecule has 2 rings (SSSR count). The largest absolute Gasteiger partial charge is 0.378 e. The topological polar surface area (TPSA) is 21.3 Å². The van der Waals surface area contributed by atoms with E-state index in [9.17, 15) is 0 Å². The molecular weight excluding hydrogens is 302 g/mol. The number of hydrogen-bond acceptors (Lipinski definition) is 2. The van der Waals surface area contributed by atoms with Gasteiger partial charge in [0.2, 0.25) is 0 Å². The van der Waals surface area contributed by atoms with E-state index < -0.39 is 0 Å². The van der Waals surface area contributed by atoms with E-state index in [1.165, 1.54) is 16.5 Å². The highest BCUT2D eigenvalue weighted by Crippen LogP contribution is 2.29. The molecule has 0 saturated carbocycles. The highest BCUT2D eigenvalue weighted by Gasteiger charge is 2.33. The lowest BCUT2D eigenvalue weighted by Gasteiger charge is -2.28. The maximum absolute atomic E-state index is 5.86. The summed E-state index contributed by atoms with van der Waals surface area (Å²) in [7, 11) is 0. The molecule has 3 atom stereocenters. The third-order valence-corrected chi connectivity index (χ3v) is 4.82. The van der Waals surface area contributed by atoms with Crippen LogP contribution in [-0.4, -0.2) is 25.3 Å². The van der Waals surface area contributed by atoms with E-state index in [2.05, 4.69) is 59.4 Å². The van der Waals surface area contributed by atoms with Crippen LogP contribution < -0.4 is 5.32 Å². The molecule has 3 heteroatoms. The van der Waals surface area contributed by atoms with E-state index in [4.69, 9.17) is 4.74 Å². The van der Waals surface area contributed by atoms with Crippen molar-refractivity contribution in [2.45, 2.75) is 45.3 Å². The molecule has 0 aliphatic carbocycles. The second-order valence-corrected chi connectivity index (χ2v) is 6.08. The third kappa shape index (κ3) is 3.80. The lowest BCUT2D eigenvalue weighted by atomic mass is 9.87. The number of benzene rings is 1. The number of rotatable bonds is 6. The fraction of sp³-hybridized carbons (Fsp3) is 0.625. The van der Waals surface area contributed by atoms with Crippen LogP contribution in [0, 0.1) is 5.92 Å². The van der Waals surface area contributed by atoms with E-state index in [0.717, 1.165) is 26.0 Å². The Morgan fingerprint density at radius 3 is 2.84 bits per heavy atom. The summed E-state index contributed by atoms with van der Waals surface area (Å²) in [4.78, 5) is 0. The van der Waals surface area contributed by atoms with Gasteiger partial charge in [0.05, 0.1) is 6.10 Å². The zero-order valence-electron chi connectivity index (χ0n) is 11.9. The SMILES string of the molecule is CCNC(Cc1ccccc1Br)C1CCOC1CC. The molecule has 106 valence electrons. The molecule has 19 heavy (non-hydrogen) atoms. The van der Waals surface area contributed by atoms with Gasteiger partial charge in [-0.1, -0.05) is 48.0 Å². The monoisotopic (exact) mass is 325 g/mol. The molecule has 0 amide bonds. The molecule has 0 bridgehead atoms. The minimum absolute atomic E-state index is 0.423. The van der Waals surface area contributed by atoms with Crippen molar-refractivity contribution in [3.63, 3.8) is 0 Å². The summed E-state index contributed by atoms with van der Waals surface area (Å²) < 4.78 is 7.07. The molecule has 1 aromatic carbocycles. The van der Waals surface area contributed by atoms with Crippen molar-refractivity contribution in [2.24, 2.45) is 5.92 Å². The summed E-state index contributed by atoms with van der Waals surface area (Å²) >= 11 is 3.66. The van der Waals surface area contributed by atoms with Gasteiger partial charge in [-0.05, 0) is 37.4 Å². The zero-order valence-corrected chi connectivity index (χ0v) is 13.4. The summed E-state index contributed by atoms with van der Waals surface area (Å²) in [6, 6.07) is 9.04. The number of hydrogen-bond donors (Lipinski definition) is 1. The van der Waals surface area contributed by atoms with E-state index >= 15 is 0 Å². The Hall–Kier alpha value is -0.380. The van der Waals surface area contributed by atoms with E-state index in [-0.39, 0.29) is 0 Å². The number of likely N-dealkylation sites (N-methyl/N-ethyl adjacent to an activating group) is 1. The maximum Gasteiger partial charge on any atom is 0.0616 e. The smallest absolute Gasteiger partial charge is 0.0616 e. The van der Waals surface area contributed by atoms with Crippen LogP contribution in [0.3, 0.4) is 0 Å². The Morgan fingerprint density at radius 2 is 2.16 bits per heavy atom. The molecule has 1 heterocycles. The Balaban J connectivity index is 2.09. The van der Waals surface area contributed by atoms with Gasteiger partial charge in [0, 0.05) is 23.0 Å². The standard InChI is InChI=1S/C16H24BrNO/c1-3-16-13(9-10-19-16)15(18-4-2)11-12-7-5-6-8-14(12)17/h5-8,13,15-16,18H,3-4,9-11H2,1-2H3. The number of halogens is 1. The average molecular weight is 326 g/mol. The van der Waals surface area contributed by atoms with E-state index in [0.29, 0.717) is 18.1 Å². The minimum atomic E-state index is 0.423. The average Bonchev–Trinajstić information content (AvgIpc) is 2.89. The molecule has 1 aliphatic heterocycles. The fourth-order valence-corrected chi connectivity index (χ4v) is 3.53. The molecule has 1 saturated heterocycles. The quantitative estimate of drug-likeness (QED) is 0.859. The summed E-state index contributed by atoms with van der Waals surface area (Å²) in [6.07, 6.45) is 3.79. The van der Waals surface area contributed by atoms with Crippen LogP contribution >= 0.6 is 15.9 Å². The lowest BCUT2D eigenvalue weighted by Crippen LogP contribution is -2.41. The molecule has 1 aromatic rings. The van der Waals surface area contributed by atoms with Gasteiger partial charge in [0.15, 0.2) is 0 Å². The number of nitrogens with one attached hydrogen (secondary N) is 1. The Kier molecular flexibility index (Phi) is 5.86. The molecule has 1 aliphatic rings. The highest BCUT2D eigenvalue weighted by atomic mass is 79.9. The van der Waals surface area contributed by atoms with Crippen molar-refractivity contribution in [3.8, 4) is 0 Å². The second kappa shape index (κ2) is 7.41. The molecule has 2 nitrogen and oxygen atoms in total. The summed E-state index contributed by atoms with van der Waals surface area (Å²) in [5, 5.41) is 3.66. The maximum atomic E-state index is 5.86. The predicted molar refractivity (Wildman–Crippen MR) is 83.4 cm³/mol.